The first-order chi connectivity index (χ1) is 15.9. The SMILES string of the molecule is O=C1CCC2(Cc3ccccc3)CN(S(=O)(=O)c3ccc(C(F)(F)F)cc3[N+](=O)[O-])CC=C2C1. The van der Waals surface area contributed by atoms with Crippen molar-refractivity contribution in [1.82, 2.24) is 4.31 Å². The Labute approximate surface area is 194 Å². The number of carbonyl (C=O) groups is 1. The number of Topliss-reactive ketones (excluding diaryl/α,β-unsaturated/α-hetero) is 1. The lowest BCUT2D eigenvalue weighted by Gasteiger charge is -2.45. The number of fused-ring (bicyclic) bond motifs is 1. The number of rotatable bonds is 5. The quantitative estimate of drug-likeness (QED) is 0.346. The lowest BCUT2D eigenvalue weighted by atomic mass is 9.65. The molecule has 0 spiro atoms. The van der Waals surface area contributed by atoms with E-state index in [4.69, 9.17) is 0 Å². The van der Waals surface area contributed by atoms with Gasteiger partial charge in [0.1, 0.15) is 5.78 Å². The molecule has 34 heavy (non-hydrogen) atoms. The first kappa shape index (κ1) is 24.1. The highest BCUT2D eigenvalue weighted by Gasteiger charge is 2.46. The normalized spacial score (nSPS) is 21.6. The molecule has 0 bridgehead atoms. The van der Waals surface area contributed by atoms with Crippen molar-refractivity contribution in [2.24, 2.45) is 5.41 Å². The van der Waals surface area contributed by atoms with Crippen molar-refractivity contribution in [2.45, 2.75) is 36.8 Å². The zero-order chi connectivity index (χ0) is 24.7. The zero-order valence-electron chi connectivity index (χ0n) is 17.9. The van der Waals surface area contributed by atoms with Gasteiger partial charge in [-0.25, -0.2) is 8.42 Å². The van der Waals surface area contributed by atoms with Gasteiger partial charge in [0.2, 0.25) is 10.0 Å². The number of sulfonamides is 1. The van der Waals surface area contributed by atoms with Crippen molar-refractivity contribution in [3.05, 3.63) is 81.4 Å². The number of carbonyl (C=O) groups excluding carboxylic acids is 1. The average molecular weight is 494 g/mol. The van der Waals surface area contributed by atoms with Gasteiger partial charge in [0, 0.05) is 37.4 Å². The maximum atomic E-state index is 13.5. The molecule has 0 saturated heterocycles. The molecule has 2 aromatic rings. The van der Waals surface area contributed by atoms with Crippen molar-refractivity contribution in [1.29, 1.82) is 0 Å². The molecule has 180 valence electrons. The Kier molecular flexibility index (Phi) is 6.11. The van der Waals surface area contributed by atoms with Gasteiger partial charge in [0.05, 0.1) is 10.5 Å². The summed E-state index contributed by atoms with van der Waals surface area (Å²) in [5.74, 6) is 0.0598. The fourth-order valence-electron chi connectivity index (χ4n) is 4.73. The molecule has 11 heteroatoms. The third-order valence-electron chi connectivity index (χ3n) is 6.46. The summed E-state index contributed by atoms with van der Waals surface area (Å²) >= 11 is 0. The van der Waals surface area contributed by atoms with Gasteiger partial charge in [-0.1, -0.05) is 42.0 Å². The number of nitro benzene ring substituents is 1. The summed E-state index contributed by atoms with van der Waals surface area (Å²) in [7, 11) is -4.50. The van der Waals surface area contributed by atoms with Crippen LogP contribution < -0.4 is 0 Å². The van der Waals surface area contributed by atoms with E-state index >= 15 is 0 Å². The minimum atomic E-state index is -4.86. The fourth-order valence-corrected chi connectivity index (χ4v) is 6.34. The summed E-state index contributed by atoms with van der Waals surface area (Å²) in [6, 6.07) is 10.8. The summed E-state index contributed by atoms with van der Waals surface area (Å²) in [5, 5.41) is 11.5. The molecule has 1 saturated carbocycles. The molecular formula is C23H21F3N2O5S. The van der Waals surface area contributed by atoms with Crippen molar-refractivity contribution in [2.75, 3.05) is 13.1 Å². The van der Waals surface area contributed by atoms with Crippen LogP contribution in [0.15, 0.2) is 65.1 Å². The molecule has 1 fully saturated rings. The number of alkyl halides is 3. The largest absolute Gasteiger partial charge is 0.416 e. The van der Waals surface area contributed by atoms with Crippen LogP contribution in [-0.2, 0) is 27.4 Å². The molecule has 1 atom stereocenters. The molecule has 2 aliphatic rings. The van der Waals surface area contributed by atoms with E-state index in [1.807, 2.05) is 30.3 Å². The van der Waals surface area contributed by atoms with Crippen LogP contribution in [0.1, 0.15) is 30.4 Å². The molecule has 1 heterocycles. The minimum absolute atomic E-state index is 0.0263. The second kappa shape index (κ2) is 8.62. The van der Waals surface area contributed by atoms with Gasteiger partial charge >= 0.3 is 6.18 Å². The first-order valence-electron chi connectivity index (χ1n) is 10.5. The number of nitro groups is 1. The standard InChI is InChI=1S/C23H21F3N2O5S/c24-23(25,26)18-6-7-21(20(13-18)28(30)31)34(32,33)27-11-9-17-12-19(29)8-10-22(17,15-27)14-16-4-2-1-3-5-16/h1-7,9,13H,8,10-12,14-15H2. The van der Waals surface area contributed by atoms with E-state index in [0.717, 1.165) is 15.4 Å². The third-order valence-corrected chi connectivity index (χ3v) is 8.32. The van der Waals surface area contributed by atoms with Gasteiger partial charge in [-0.15, -0.1) is 0 Å². The van der Waals surface area contributed by atoms with E-state index < -0.39 is 42.7 Å². The number of hydrogen-bond donors (Lipinski definition) is 0. The maximum absolute atomic E-state index is 13.5. The topological polar surface area (TPSA) is 97.6 Å². The first-order valence-corrected chi connectivity index (χ1v) is 12.0. The second-order valence-electron chi connectivity index (χ2n) is 8.62. The van der Waals surface area contributed by atoms with E-state index in [1.54, 1.807) is 6.08 Å². The highest BCUT2D eigenvalue weighted by Crippen LogP contribution is 2.46. The summed E-state index contributed by atoms with van der Waals surface area (Å²) in [4.78, 5) is 21.7. The summed E-state index contributed by atoms with van der Waals surface area (Å²) in [6.07, 6.45) is -1.83. The predicted octanol–water partition coefficient (Wildman–Crippen LogP) is 4.53. The van der Waals surface area contributed by atoms with Crippen LogP contribution in [-0.4, -0.2) is 36.5 Å². The number of hydrogen-bond acceptors (Lipinski definition) is 5. The van der Waals surface area contributed by atoms with Crippen LogP contribution in [0.2, 0.25) is 0 Å². The summed E-state index contributed by atoms with van der Waals surface area (Å²) < 4.78 is 67.2. The van der Waals surface area contributed by atoms with E-state index in [2.05, 4.69) is 0 Å². The van der Waals surface area contributed by atoms with Crippen molar-refractivity contribution < 1.29 is 31.3 Å². The van der Waals surface area contributed by atoms with Crippen LogP contribution in [0, 0.1) is 15.5 Å². The van der Waals surface area contributed by atoms with E-state index in [1.165, 1.54) is 0 Å². The lowest BCUT2D eigenvalue weighted by molar-refractivity contribution is -0.388. The van der Waals surface area contributed by atoms with Crippen molar-refractivity contribution in [3.63, 3.8) is 0 Å². The minimum Gasteiger partial charge on any atom is -0.299 e. The van der Waals surface area contributed by atoms with Gasteiger partial charge in [-0.2, -0.15) is 17.5 Å². The van der Waals surface area contributed by atoms with Crippen molar-refractivity contribution in [3.8, 4) is 0 Å². The Bertz CT molecular complexity index is 1280. The Balaban J connectivity index is 1.75. The number of halogens is 3. The Morgan fingerprint density at radius 2 is 1.82 bits per heavy atom. The molecule has 0 amide bonds. The summed E-state index contributed by atoms with van der Waals surface area (Å²) in [5.41, 5.74) is -1.32. The molecular weight excluding hydrogens is 473 g/mol. The predicted molar refractivity (Wildman–Crippen MR) is 116 cm³/mol. The van der Waals surface area contributed by atoms with Gasteiger partial charge in [0.15, 0.2) is 4.90 Å². The number of benzene rings is 2. The molecule has 1 aliphatic heterocycles. The van der Waals surface area contributed by atoms with Crippen LogP contribution in [0.25, 0.3) is 0 Å². The second-order valence-corrected chi connectivity index (χ2v) is 10.5. The van der Waals surface area contributed by atoms with E-state index in [9.17, 15) is 36.5 Å². The lowest BCUT2D eigenvalue weighted by Crippen LogP contribution is -2.49. The van der Waals surface area contributed by atoms with E-state index in [-0.39, 0.29) is 37.8 Å². The molecule has 1 aliphatic carbocycles. The van der Waals surface area contributed by atoms with E-state index in [0.29, 0.717) is 25.0 Å². The van der Waals surface area contributed by atoms with Crippen LogP contribution >= 0.6 is 0 Å². The van der Waals surface area contributed by atoms with Crippen molar-refractivity contribution >= 4 is 21.5 Å². The van der Waals surface area contributed by atoms with Gasteiger partial charge in [0.25, 0.3) is 5.69 Å². The molecule has 4 rings (SSSR count). The molecule has 1 unspecified atom stereocenters. The zero-order valence-corrected chi connectivity index (χ0v) is 18.7. The molecule has 2 aromatic carbocycles. The fraction of sp³-hybridized carbons (Fsp3) is 0.348. The van der Waals surface area contributed by atoms with Crippen LogP contribution in [0.4, 0.5) is 18.9 Å². The van der Waals surface area contributed by atoms with Crippen LogP contribution in [0.5, 0.6) is 0 Å². The van der Waals surface area contributed by atoms with Gasteiger partial charge < -0.3 is 0 Å². The monoisotopic (exact) mass is 494 g/mol. The van der Waals surface area contributed by atoms with Crippen LogP contribution in [0.3, 0.4) is 0 Å². The Morgan fingerprint density at radius 3 is 2.47 bits per heavy atom. The van der Waals surface area contributed by atoms with Gasteiger partial charge in [-0.3, -0.25) is 14.9 Å². The molecule has 0 aromatic heterocycles. The Hall–Kier alpha value is -3.05. The molecule has 7 nitrogen and oxygen atoms in total. The highest BCUT2D eigenvalue weighted by molar-refractivity contribution is 7.89. The third kappa shape index (κ3) is 4.49. The number of ketones is 1. The smallest absolute Gasteiger partial charge is 0.299 e. The molecule has 0 N–H and O–H groups in total. The highest BCUT2D eigenvalue weighted by atomic mass is 32.2. The number of nitrogens with zero attached hydrogens (tertiary/aromatic N) is 2. The Morgan fingerprint density at radius 1 is 1.12 bits per heavy atom. The van der Waals surface area contributed by atoms with Gasteiger partial charge in [-0.05, 0) is 30.5 Å². The maximum Gasteiger partial charge on any atom is 0.416 e. The molecule has 0 radical (unpaired) electrons. The average Bonchev–Trinajstić information content (AvgIpc) is 2.78. The summed E-state index contributed by atoms with van der Waals surface area (Å²) in [6.45, 7) is -0.152.